The maximum atomic E-state index is 10.5. The Morgan fingerprint density at radius 1 is 0.571 bits per heavy atom. The van der Waals surface area contributed by atoms with Crippen molar-refractivity contribution in [3.63, 3.8) is 0 Å². The van der Waals surface area contributed by atoms with E-state index in [1.54, 1.807) is 0 Å². The average molecular weight is 577 g/mol. The molecule has 1 saturated heterocycles. The van der Waals surface area contributed by atoms with E-state index in [4.69, 9.17) is 23.7 Å². The summed E-state index contributed by atoms with van der Waals surface area (Å²) in [6, 6.07) is 30.3. The zero-order valence-electron chi connectivity index (χ0n) is 25.0. The van der Waals surface area contributed by atoms with Crippen LogP contribution in [0.3, 0.4) is 0 Å². The van der Waals surface area contributed by atoms with Gasteiger partial charge in [0.05, 0.1) is 32.5 Å². The summed E-state index contributed by atoms with van der Waals surface area (Å²) in [5.74, 6) is 0. The first-order chi connectivity index (χ1) is 20.8. The first kappa shape index (κ1) is 32.3. The van der Waals surface area contributed by atoms with Crippen LogP contribution >= 0.6 is 0 Å². The monoisotopic (exact) mass is 576 g/mol. The first-order valence-corrected chi connectivity index (χ1v) is 15.6. The molecule has 1 aliphatic heterocycles. The van der Waals surface area contributed by atoms with E-state index in [9.17, 15) is 5.11 Å². The number of rotatable bonds is 19. The fourth-order valence-corrected chi connectivity index (χ4v) is 5.38. The molecule has 0 spiro atoms. The second kappa shape index (κ2) is 18.9. The molecule has 1 N–H and O–H groups in total. The van der Waals surface area contributed by atoms with Crippen molar-refractivity contribution in [2.45, 2.75) is 95.8 Å². The van der Waals surface area contributed by atoms with Crippen LogP contribution in [0.1, 0.15) is 62.1 Å². The molecule has 1 aliphatic rings. The van der Waals surface area contributed by atoms with Gasteiger partial charge in [-0.1, -0.05) is 117 Å². The van der Waals surface area contributed by atoms with Crippen LogP contribution in [0, 0.1) is 0 Å². The van der Waals surface area contributed by atoms with Crippen molar-refractivity contribution in [1.29, 1.82) is 0 Å². The number of hydrogen-bond donors (Lipinski definition) is 1. The highest BCUT2D eigenvalue weighted by Crippen LogP contribution is 2.32. The SMILES string of the molecule is CCCCCCOCCCC1OC(CO)C(OCc2ccccc2)C(OCc2ccccc2)C1OCc1ccccc1. The smallest absolute Gasteiger partial charge is 0.115 e. The number of hydrogen-bond acceptors (Lipinski definition) is 6. The lowest BCUT2D eigenvalue weighted by Crippen LogP contribution is -2.61. The topological polar surface area (TPSA) is 66.4 Å². The van der Waals surface area contributed by atoms with E-state index < -0.39 is 18.3 Å². The lowest BCUT2D eigenvalue weighted by Gasteiger charge is -2.46. The highest BCUT2D eigenvalue weighted by atomic mass is 16.6. The summed E-state index contributed by atoms with van der Waals surface area (Å²) in [4.78, 5) is 0. The molecule has 0 aromatic heterocycles. The van der Waals surface area contributed by atoms with E-state index in [2.05, 4.69) is 31.2 Å². The summed E-state index contributed by atoms with van der Waals surface area (Å²) in [5, 5.41) is 10.5. The molecule has 0 saturated carbocycles. The predicted molar refractivity (Wildman–Crippen MR) is 165 cm³/mol. The second-order valence-electron chi connectivity index (χ2n) is 11.0. The first-order valence-electron chi connectivity index (χ1n) is 15.6. The Bertz CT molecular complexity index is 1080. The lowest BCUT2D eigenvalue weighted by molar-refractivity contribution is -0.271. The van der Waals surface area contributed by atoms with E-state index in [0.717, 1.165) is 42.6 Å². The van der Waals surface area contributed by atoms with Crippen molar-refractivity contribution >= 4 is 0 Å². The van der Waals surface area contributed by atoms with Crippen molar-refractivity contribution in [2.24, 2.45) is 0 Å². The molecule has 0 aliphatic carbocycles. The number of benzene rings is 3. The van der Waals surface area contributed by atoms with Gasteiger partial charge in [-0.05, 0) is 36.0 Å². The third kappa shape index (κ3) is 10.6. The highest BCUT2D eigenvalue weighted by Gasteiger charge is 2.47. The minimum absolute atomic E-state index is 0.166. The molecule has 5 atom stereocenters. The predicted octanol–water partition coefficient (Wildman–Crippen LogP) is 6.88. The van der Waals surface area contributed by atoms with E-state index >= 15 is 0 Å². The van der Waals surface area contributed by atoms with Gasteiger partial charge >= 0.3 is 0 Å². The van der Waals surface area contributed by atoms with Crippen LogP contribution in [0.4, 0.5) is 0 Å². The Hall–Kier alpha value is -2.58. The van der Waals surface area contributed by atoms with E-state index in [-0.39, 0.29) is 18.8 Å². The quantitative estimate of drug-likeness (QED) is 0.157. The molecule has 3 aromatic rings. The van der Waals surface area contributed by atoms with E-state index in [1.165, 1.54) is 19.3 Å². The van der Waals surface area contributed by atoms with Gasteiger partial charge in [-0.2, -0.15) is 0 Å². The molecule has 0 amide bonds. The van der Waals surface area contributed by atoms with Gasteiger partial charge < -0.3 is 28.8 Å². The average Bonchev–Trinajstić information content (AvgIpc) is 3.04. The van der Waals surface area contributed by atoms with Crippen molar-refractivity contribution in [1.82, 2.24) is 0 Å². The highest BCUT2D eigenvalue weighted by molar-refractivity contribution is 5.16. The number of ether oxygens (including phenoxy) is 5. The summed E-state index contributed by atoms with van der Waals surface area (Å²) in [6.07, 6.45) is 4.21. The summed E-state index contributed by atoms with van der Waals surface area (Å²) in [6.45, 7) is 4.74. The number of unbranched alkanes of at least 4 members (excludes halogenated alkanes) is 3. The van der Waals surface area contributed by atoms with Crippen molar-refractivity contribution in [3.8, 4) is 0 Å². The molecule has 0 bridgehead atoms. The molecule has 0 radical (unpaired) electrons. The molecule has 5 unspecified atom stereocenters. The van der Waals surface area contributed by atoms with Gasteiger partial charge in [-0.25, -0.2) is 0 Å². The Labute approximate surface area is 251 Å². The third-order valence-electron chi connectivity index (χ3n) is 7.69. The zero-order chi connectivity index (χ0) is 29.2. The molecule has 1 fully saturated rings. The molecule has 6 heteroatoms. The molecular formula is C36H48O6. The largest absolute Gasteiger partial charge is 0.394 e. The van der Waals surface area contributed by atoms with Gasteiger partial charge in [0.1, 0.15) is 24.4 Å². The van der Waals surface area contributed by atoms with Gasteiger partial charge in [0.2, 0.25) is 0 Å². The summed E-state index contributed by atoms with van der Waals surface area (Å²) in [7, 11) is 0. The summed E-state index contributed by atoms with van der Waals surface area (Å²) in [5.41, 5.74) is 3.21. The minimum atomic E-state index is -0.536. The van der Waals surface area contributed by atoms with Gasteiger partial charge in [-0.15, -0.1) is 0 Å². The normalized spacial score (nSPS) is 22.3. The van der Waals surface area contributed by atoms with Crippen LogP contribution in [0.25, 0.3) is 0 Å². The van der Waals surface area contributed by atoms with E-state index in [0.29, 0.717) is 26.4 Å². The van der Waals surface area contributed by atoms with Crippen LogP contribution < -0.4 is 0 Å². The standard InChI is InChI=1S/C36H48O6/c1-2-3-4-14-23-38-24-15-22-32-34(39-26-29-16-8-5-9-17-29)36(41-28-31-20-12-7-13-21-31)35(33(25-37)42-32)40-27-30-18-10-6-11-19-30/h5-13,16-21,32-37H,2-4,14-15,22-28H2,1H3. The van der Waals surface area contributed by atoms with Crippen LogP contribution in [0.2, 0.25) is 0 Å². The van der Waals surface area contributed by atoms with Crippen molar-refractivity contribution < 1.29 is 28.8 Å². The maximum Gasteiger partial charge on any atom is 0.115 e. The summed E-state index contributed by atoms with van der Waals surface area (Å²) >= 11 is 0. The summed E-state index contributed by atoms with van der Waals surface area (Å²) < 4.78 is 32.2. The van der Waals surface area contributed by atoms with Gasteiger partial charge in [0.25, 0.3) is 0 Å². The molecule has 228 valence electrons. The Balaban J connectivity index is 1.50. The van der Waals surface area contributed by atoms with Crippen molar-refractivity contribution in [3.05, 3.63) is 108 Å². The van der Waals surface area contributed by atoms with E-state index in [1.807, 2.05) is 66.7 Å². The fraction of sp³-hybridized carbons (Fsp3) is 0.500. The molecule has 1 heterocycles. The fourth-order valence-electron chi connectivity index (χ4n) is 5.38. The zero-order valence-corrected chi connectivity index (χ0v) is 25.0. The molecular weight excluding hydrogens is 528 g/mol. The van der Waals surface area contributed by atoms with Gasteiger partial charge in [0.15, 0.2) is 0 Å². The Kier molecular flexibility index (Phi) is 14.5. The van der Waals surface area contributed by atoms with Gasteiger partial charge in [0, 0.05) is 13.2 Å². The molecule has 42 heavy (non-hydrogen) atoms. The second-order valence-corrected chi connectivity index (χ2v) is 11.0. The Morgan fingerprint density at radius 2 is 1.05 bits per heavy atom. The van der Waals surface area contributed by atoms with Crippen LogP contribution in [-0.2, 0) is 43.5 Å². The minimum Gasteiger partial charge on any atom is -0.394 e. The molecule has 3 aromatic carbocycles. The maximum absolute atomic E-state index is 10.5. The van der Waals surface area contributed by atoms with Crippen LogP contribution in [-0.4, -0.2) is 55.4 Å². The lowest BCUT2D eigenvalue weighted by atomic mass is 9.92. The van der Waals surface area contributed by atoms with Crippen LogP contribution in [0.5, 0.6) is 0 Å². The van der Waals surface area contributed by atoms with Gasteiger partial charge in [-0.3, -0.25) is 0 Å². The third-order valence-corrected chi connectivity index (χ3v) is 7.69. The Morgan fingerprint density at radius 3 is 1.55 bits per heavy atom. The number of aliphatic hydroxyl groups is 1. The molecule has 6 nitrogen and oxygen atoms in total. The van der Waals surface area contributed by atoms with Crippen LogP contribution in [0.15, 0.2) is 91.0 Å². The molecule has 4 rings (SSSR count). The number of aliphatic hydroxyl groups excluding tert-OH is 1. The van der Waals surface area contributed by atoms with Crippen molar-refractivity contribution in [2.75, 3.05) is 19.8 Å².